The molecule has 0 radical (unpaired) electrons. The fourth-order valence-electron chi connectivity index (χ4n) is 0.349. The van der Waals surface area contributed by atoms with Gasteiger partial charge >= 0.3 is 0 Å². The van der Waals surface area contributed by atoms with Gasteiger partial charge in [0.15, 0.2) is 0 Å². The van der Waals surface area contributed by atoms with Crippen LogP contribution in [0.3, 0.4) is 0 Å². The fraction of sp³-hybridized carbons (Fsp3) is 0.667. The van der Waals surface area contributed by atoms with Crippen molar-refractivity contribution in [1.82, 2.24) is 0 Å². The zero-order valence-corrected chi connectivity index (χ0v) is 5.26. The third kappa shape index (κ3) is 2.09. The molecule has 0 fully saturated rings. The van der Waals surface area contributed by atoms with Crippen LogP contribution in [0.1, 0.15) is 13.8 Å². The summed E-state index contributed by atoms with van der Waals surface area (Å²) in [5, 5.41) is 17.5. The van der Waals surface area contributed by atoms with Crippen LogP contribution in [0.25, 0.3) is 0 Å². The van der Waals surface area contributed by atoms with Gasteiger partial charge in [0.1, 0.15) is 0 Å². The van der Waals surface area contributed by atoms with Crippen molar-refractivity contribution in [2.45, 2.75) is 26.1 Å². The summed E-state index contributed by atoms with van der Waals surface area (Å²) >= 11 is 0. The van der Waals surface area contributed by atoms with Crippen molar-refractivity contribution in [3.8, 4) is 0 Å². The second-order valence-corrected chi connectivity index (χ2v) is 1.93. The summed E-state index contributed by atoms with van der Waals surface area (Å²) in [5.41, 5.74) is 0.463. The molecule has 0 saturated heterocycles. The lowest BCUT2D eigenvalue weighted by Crippen LogP contribution is -2.14. The Hall–Kier alpha value is -0.340. The average molecular weight is 116 g/mol. The summed E-state index contributed by atoms with van der Waals surface area (Å²) < 4.78 is 0. The van der Waals surface area contributed by atoms with E-state index in [9.17, 15) is 0 Å². The first-order valence-corrected chi connectivity index (χ1v) is 2.60. The van der Waals surface area contributed by atoms with E-state index in [1.165, 1.54) is 0 Å². The summed E-state index contributed by atoms with van der Waals surface area (Å²) in [6.45, 7) is 6.61. The van der Waals surface area contributed by atoms with Gasteiger partial charge in [-0.2, -0.15) is 0 Å². The molecular weight excluding hydrogens is 104 g/mol. The largest absolute Gasteiger partial charge is 0.389 e. The van der Waals surface area contributed by atoms with E-state index in [-0.39, 0.29) is 0 Å². The van der Waals surface area contributed by atoms with E-state index < -0.39 is 12.2 Å². The Morgan fingerprint density at radius 1 is 1.25 bits per heavy atom. The first kappa shape index (κ1) is 7.66. The van der Waals surface area contributed by atoms with Crippen molar-refractivity contribution < 1.29 is 10.2 Å². The number of hydrogen-bond donors (Lipinski definition) is 2. The van der Waals surface area contributed by atoms with E-state index in [4.69, 9.17) is 10.2 Å². The van der Waals surface area contributed by atoms with Crippen LogP contribution in [-0.2, 0) is 0 Å². The quantitative estimate of drug-likeness (QED) is 0.509. The Labute approximate surface area is 49.5 Å². The second-order valence-electron chi connectivity index (χ2n) is 1.93. The molecule has 0 aliphatic rings. The molecule has 2 atom stereocenters. The topological polar surface area (TPSA) is 40.5 Å². The summed E-state index contributed by atoms with van der Waals surface area (Å²) in [6, 6.07) is 0. The molecule has 2 N–H and O–H groups in total. The maximum atomic E-state index is 8.73. The lowest BCUT2D eigenvalue weighted by Gasteiger charge is -2.09. The monoisotopic (exact) mass is 116 g/mol. The van der Waals surface area contributed by atoms with E-state index in [0.717, 1.165) is 0 Å². The Kier molecular flexibility index (Phi) is 2.72. The molecule has 0 aromatic heterocycles. The lowest BCUT2D eigenvalue weighted by molar-refractivity contribution is 0.165. The van der Waals surface area contributed by atoms with Gasteiger partial charge in [-0.25, -0.2) is 0 Å². The van der Waals surface area contributed by atoms with Gasteiger partial charge in [-0.05, 0) is 19.4 Å². The highest BCUT2D eigenvalue weighted by atomic mass is 16.3. The standard InChI is InChI=1S/C6H12O2/c1-4(5(2)7)6(3)8/h5-8H,1H2,2-3H3. The van der Waals surface area contributed by atoms with Crippen LogP contribution in [-0.4, -0.2) is 22.4 Å². The van der Waals surface area contributed by atoms with Crippen molar-refractivity contribution >= 4 is 0 Å². The molecule has 2 unspecified atom stereocenters. The van der Waals surface area contributed by atoms with Crippen molar-refractivity contribution in [1.29, 1.82) is 0 Å². The zero-order valence-electron chi connectivity index (χ0n) is 5.26. The molecule has 0 aromatic rings. The Balaban J connectivity index is 3.65. The van der Waals surface area contributed by atoms with Gasteiger partial charge in [0.25, 0.3) is 0 Å². The van der Waals surface area contributed by atoms with Crippen molar-refractivity contribution in [3.63, 3.8) is 0 Å². The number of hydrogen-bond acceptors (Lipinski definition) is 2. The summed E-state index contributed by atoms with van der Waals surface area (Å²) in [4.78, 5) is 0. The molecule has 2 nitrogen and oxygen atoms in total. The van der Waals surface area contributed by atoms with Crippen LogP contribution in [0.5, 0.6) is 0 Å². The van der Waals surface area contributed by atoms with Crippen LogP contribution in [0.2, 0.25) is 0 Å². The van der Waals surface area contributed by atoms with Crippen LogP contribution in [0.15, 0.2) is 12.2 Å². The highest BCUT2D eigenvalue weighted by Crippen LogP contribution is 2.02. The van der Waals surface area contributed by atoms with E-state index in [2.05, 4.69) is 6.58 Å². The lowest BCUT2D eigenvalue weighted by atomic mass is 10.1. The first-order chi connectivity index (χ1) is 3.55. The van der Waals surface area contributed by atoms with Crippen molar-refractivity contribution in [2.24, 2.45) is 0 Å². The smallest absolute Gasteiger partial charge is 0.0744 e. The predicted molar refractivity (Wildman–Crippen MR) is 32.5 cm³/mol. The maximum absolute atomic E-state index is 8.73. The third-order valence-electron chi connectivity index (χ3n) is 1.07. The second kappa shape index (κ2) is 2.84. The van der Waals surface area contributed by atoms with Crippen LogP contribution in [0.4, 0.5) is 0 Å². The van der Waals surface area contributed by atoms with E-state index in [1.54, 1.807) is 13.8 Å². The molecule has 8 heavy (non-hydrogen) atoms. The average Bonchev–Trinajstić information content (AvgIpc) is 1.64. The Bertz CT molecular complexity index is 74.5. The number of rotatable bonds is 2. The van der Waals surface area contributed by atoms with Crippen molar-refractivity contribution in [3.05, 3.63) is 12.2 Å². The fourth-order valence-corrected chi connectivity index (χ4v) is 0.349. The molecule has 0 aliphatic heterocycles. The van der Waals surface area contributed by atoms with Crippen molar-refractivity contribution in [2.75, 3.05) is 0 Å². The Morgan fingerprint density at radius 2 is 1.50 bits per heavy atom. The Morgan fingerprint density at radius 3 is 1.50 bits per heavy atom. The molecule has 0 aliphatic carbocycles. The minimum atomic E-state index is -0.602. The normalized spacial score (nSPS) is 17.5. The summed E-state index contributed by atoms with van der Waals surface area (Å²) in [7, 11) is 0. The van der Waals surface area contributed by atoms with E-state index in [1.807, 2.05) is 0 Å². The van der Waals surface area contributed by atoms with Crippen LogP contribution in [0, 0.1) is 0 Å². The molecule has 48 valence electrons. The predicted octanol–water partition coefficient (Wildman–Crippen LogP) is 0.304. The zero-order chi connectivity index (χ0) is 6.73. The van der Waals surface area contributed by atoms with Gasteiger partial charge in [0.2, 0.25) is 0 Å². The van der Waals surface area contributed by atoms with Gasteiger partial charge in [-0.3, -0.25) is 0 Å². The molecule has 0 amide bonds. The molecular formula is C6H12O2. The summed E-state index contributed by atoms with van der Waals surface area (Å²) in [6.07, 6.45) is -1.20. The molecule has 0 spiro atoms. The maximum Gasteiger partial charge on any atom is 0.0744 e. The van der Waals surface area contributed by atoms with Gasteiger partial charge in [0.05, 0.1) is 12.2 Å². The van der Waals surface area contributed by atoms with Gasteiger partial charge in [0, 0.05) is 0 Å². The molecule has 0 aromatic carbocycles. The molecule has 0 rings (SSSR count). The number of aliphatic hydroxyl groups is 2. The minimum absolute atomic E-state index is 0.463. The molecule has 0 heterocycles. The molecule has 0 saturated carbocycles. The van der Waals surface area contributed by atoms with Gasteiger partial charge in [-0.1, -0.05) is 6.58 Å². The summed E-state index contributed by atoms with van der Waals surface area (Å²) in [5.74, 6) is 0. The number of aliphatic hydroxyl groups excluding tert-OH is 2. The SMILES string of the molecule is C=C(C(C)O)C(C)O. The highest BCUT2D eigenvalue weighted by molar-refractivity contribution is 5.04. The minimum Gasteiger partial charge on any atom is -0.389 e. The van der Waals surface area contributed by atoms with E-state index >= 15 is 0 Å². The van der Waals surface area contributed by atoms with Gasteiger partial charge < -0.3 is 10.2 Å². The highest BCUT2D eigenvalue weighted by Gasteiger charge is 2.05. The van der Waals surface area contributed by atoms with E-state index in [0.29, 0.717) is 5.57 Å². The van der Waals surface area contributed by atoms with Crippen LogP contribution < -0.4 is 0 Å². The molecule has 0 bridgehead atoms. The van der Waals surface area contributed by atoms with Crippen LogP contribution >= 0.6 is 0 Å². The molecule has 2 heteroatoms. The third-order valence-corrected chi connectivity index (χ3v) is 1.07. The van der Waals surface area contributed by atoms with Gasteiger partial charge in [-0.15, -0.1) is 0 Å². The first-order valence-electron chi connectivity index (χ1n) is 2.60.